The number of amides is 2. The Kier molecular flexibility index (Phi) is 8.99. The van der Waals surface area contributed by atoms with Crippen LogP contribution in [0, 0.1) is 0 Å². The molecule has 1 aromatic rings. The Morgan fingerprint density at radius 3 is 2.58 bits per heavy atom. The maximum atomic E-state index is 12.1. The minimum absolute atomic E-state index is 0.123. The number of halogens is 1. The average Bonchev–Trinajstić information content (AvgIpc) is 3.21. The van der Waals surface area contributed by atoms with Crippen molar-refractivity contribution in [3.63, 3.8) is 0 Å². The highest BCUT2D eigenvalue weighted by Crippen LogP contribution is 2.22. The number of nitrogens with zero attached hydrogens (tertiary/aromatic N) is 1. The SMILES string of the molecule is CCC.COC(=O)C1CCCN1C(=O)CNC(=O)c1ccc(Br)s1. The quantitative estimate of drug-likeness (QED) is 0.762. The molecule has 1 aliphatic rings. The first-order chi connectivity index (χ1) is 11.4. The Labute approximate surface area is 154 Å². The average molecular weight is 419 g/mol. The Morgan fingerprint density at radius 1 is 1.38 bits per heavy atom. The van der Waals surface area contributed by atoms with Crippen LogP contribution in [0.4, 0.5) is 0 Å². The van der Waals surface area contributed by atoms with Crippen molar-refractivity contribution in [3.8, 4) is 0 Å². The lowest BCUT2D eigenvalue weighted by Crippen LogP contribution is -2.45. The van der Waals surface area contributed by atoms with E-state index in [-0.39, 0.29) is 18.4 Å². The lowest BCUT2D eigenvalue weighted by atomic mass is 10.2. The molecule has 0 spiro atoms. The van der Waals surface area contributed by atoms with E-state index in [4.69, 9.17) is 0 Å². The molecule has 0 bridgehead atoms. The molecule has 24 heavy (non-hydrogen) atoms. The van der Waals surface area contributed by atoms with E-state index in [1.54, 1.807) is 12.1 Å². The van der Waals surface area contributed by atoms with Crippen molar-refractivity contribution in [1.82, 2.24) is 10.2 Å². The van der Waals surface area contributed by atoms with Gasteiger partial charge in [0.15, 0.2) is 0 Å². The van der Waals surface area contributed by atoms with Gasteiger partial charge in [0.1, 0.15) is 6.04 Å². The number of hydrogen-bond donors (Lipinski definition) is 1. The summed E-state index contributed by atoms with van der Waals surface area (Å²) in [6, 6.07) is 2.92. The minimum atomic E-state index is -0.532. The van der Waals surface area contributed by atoms with E-state index in [0.717, 1.165) is 10.2 Å². The molecule has 1 saturated heterocycles. The fourth-order valence-corrected chi connectivity index (χ4v) is 3.53. The Morgan fingerprint density at radius 2 is 2.04 bits per heavy atom. The van der Waals surface area contributed by atoms with Gasteiger partial charge in [-0.2, -0.15) is 0 Å². The van der Waals surface area contributed by atoms with Crippen LogP contribution in [0.25, 0.3) is 0 Å². The molecule has 8 heteroatoms. The predicted molar refractivity (Wildman–Crippen MR) is 97.1 cm³/mol. The van der Waals surface area contributed by atoms with Crippen LogP contribution in [-0.2, 0) is 14.3 Å². The molecule has 0 saturated carbocycles. The van der Waals surface area contributed by atoms with Crippen LogP contribution in [0.5, 0.6) is 0 Å². The van der Waals surface area contributed by atoms with Gasteiger partial charge >= 0.3 is 5.97 Å². The third-order valence-electron chi connectivity index (χ3n) is 3.24. The first-order valence-corrected chi connectivity index (χ1v) is 9.46. The standard InChI is InChI=1S/C13H15BrN2O4S.C3H8/c1-20-13(19)8-3-2-6-16(8)11(17)7-15-12(18)9-4-5-10(14)21-9;1-3-2/h4-5,8H,2-3,6-7H2,1H3,(H,15,18);3H2,1-2H3. The van der Waals surface area contributed by atoms with E-state index in [9.17, 15) is 14.4 Å². The summed E-state index contributed by atoms with van der Waals surface area (Å²) in [6.45, 7) is 4.64. The van der Waals surface area contributed by atoms with Gasteiger partial charge in [0.2, 0.25) is 5.91 Å². The fraction of sp³-hybridized carbons (Fsp3) is 0.562. The first kappa shape index (κ1) is 20.6. The highest BCUT2D eigenvalue weighted by atomic mass is 79.9. The second-order valence-electron chi connectivity index (χ2n) is 5.26. The molecule has 1 unspecified atom stereocenters. The number of methoxy groups -OCH3 is 1. The monoisotopic (exact) mass is 418 g/mol. The van der Waals surface area contributed by atoms with E-state index < -0.39 is 12.0 Å². The van der Waals surface area contributed by atoms with Crippen LogP contribution >= 0.6 is 27.3 Å². The van der Waals surface area contributed by atoms with Gasteiger partial charge in [-0.25, -0.2) is 4.79 Å². The van der Waals surface area contributed by atoms with Crippen LogP contribution in [0.2, 0.25) is 0 Å². The summed E-state index contributed by atoms with van der Waals surface area (Å²) in [7, 11) is 1.31. The first-order valence-electron chi connectivity index (χ1n) is 7.85. The van der Waals surface area contributed by atoms with Crippen molar-refractivity contribution in [2.45, 2.75) is 39.2 Å². The summed E-state index contributed by atoms with van der Waals surface area (Å²) in [6.07, 6.45) is 2.61. The molecule has 1 aromatic heterocycles. The third kappa shape index (κ3) is 5.90. The van der Waals surface area contributed by atoms with E-state index in [2.05, 4.69) is 39.8 Å². The van der Waals surface area contributed by atoms with Gasteiger partial charge < -0.3 is 15.0 Å². The van der Waals surface area contributed by atoms with Crippen LogP contribution in [-0.4, -0.2) is 48.9 Å². The second-order valence-corrected chi connectivity index (χ2v) is 7.72. The summed E-state index contributed by atoms with van der Waals surface area (Å²) in [4.78, 5) is 37.6. The van der Waals surface area contributed by atoms with Gasteiger partial charge in [0.05, 0.1) is 22.3 Å². The van der Waals surface area contributed by atoms with E-state index in [1.165, 1.54) is 29.8 Å². The summed E-state index contributed by atoms with van der Waals surface area (Å²) in [5.74, 6) is -0.978. The molecule has 6 nitrogen and oxygen atoms in total. The van der Waals surface area contributed by atoms with Crippen LogP contribution in [0.15, 0.2) is 15.9 Å². The zero-order chi connectivity index (χ0) is 18.1. The molecule has 1 N–H and O–H groups in total. The number of carbonyl (C=O) groups excluding carboxylic acids is 3. The fourth-order valence-electron chi connectivity index (χ4n) is 2.23. The van der Waals surface area contributed by atoms with E-state index in [0.29, 0.717) is 17.8 Å². The highest BCUT2D eigenvalue weighted by molar-refractivity contribution is 9.11. The number of ether oxygens (including phenoxy) is 1. The minimum Gasteiger partial charge on any atom is -0.467 e. The van der Waals surface area contributed by atoms with Crippen molar-refractivity contribution < 1.29 is 19.1 Å². The molecule has 1 atom stereocenters. The van der Waals surface area contributed by atoms with Crippen LogP contribution in [0.1, 0.15) is 42.8 Å². The number of thiophene rings is 1. The summed E-state index contributed by atoms with van der Waals surface area (Å²) in [5, 5.41) is 2.57. The van der Waals surface area contributed by atoms with Gasteiger partial charge in [0.25, 0.3) is 5.91 Å². The number of carbonyl (C=O) groups is 3. The Hall–Kier alpha value is -1.41. The number of likely N-dealkylation sites (tertiary alicyclic amines) is 1. The zero-order valence-corrected chi connectivity index (χ0v) is 16.5. The lowest BCUT2D eigenvalue weighted by Gasteiger charge is -2.22. The highest BCUT2D eigenvalue weighted by Gasteiger charge is 2.34. The third-order valence-corrected chi connectivity index (χ3v) is 4.87. The molecule has 2 heterocycles. The molecule has 0 radical (unpaired) electrons. The predicted octanol–water partition coefficient (Wildman–Crippen LogP) is 2.82. The number of nitrogens with one attached hydrogen (secondary N) is 1. The van der Waals surface area contributed by atoms with Gasteiger partial charge in [-0.05, 0) is 40.9 Å². The lowest BCUT2D eigenvalue weighted by molar-refractivity contribution is -0.150. The molecule has 1 fully saturated rings. The molecule has 1 aliphatic heterocycles. The molecule has 134 valence electrons. The summed E-state index contributed by atoms with van der Waals surface area (Å²) < 4.78 is 5.54. The summed E-state index contributed by atoms with van der Waals surface area (Å²) in [5.41, 5.74) is 0. The second kappa shape index (κ2) is 10.5. The number of hydrogen-bond acceptors (Lipinski definition) is 5. The maximum Gasteiger partial charge on any atom is 0.328 e. The van der Waals surface area contributed by atoms with Crippen molar-refractivity contribution in [1.29, 1.82) is 0 Å². The smallest absolute Gasteiger partial charge is 0.328 e. The molecule has 2 amide bonds. The largest absolute Gasteiger partial charge is 0.467 e. The van der Waals surface area contributed by atoms with Gasteiger partial charge in [-0.15, -0.1) is 11.3 Å². The van der Waals surface area contributed by atoms with Crippen molar-refractivity contribution in [3.05, 3.63) is 20.8 Å². The molecular weight excluding hydrogens is 396 g/mol. The number of esters is 1. The van der Waals surface area contributed by atoms with Crippen LogP contribution in [0.3, 0.4) is 0 Å². The molecular formula is C16H23BrN2O4S. The zero-order valence-electron chi connectivity index (χ0n) is 14.1. The van der Waals surface area contributed by atoms with Gasteiger partial charge in [-0.3, -0.25) is 9.59 Å². The normalized spacial score (nSPS) is 16.2. The van der Waals surface area contributed by atoms with Gasteiger partial charge in [0, 0.05) is 6.54 Å². The van der Waals surface area contributed by atoms with Crippen molar-refractivity contribution in [2.75, 3.05) is 20.2 Å². The molecule has 2 rings (SSSR count). The van der Waals surface area contributed by atoms with Crippen molar-refractivity contribution >= 4 is 45.1 Å². The Bertz CT molecular complexity index is 576. The number of rotatable bonds is 4. The van der Waals surface area contributed by atoms with Crippen LogP contribution < -0.4 is 5.32 Å². The van der Waals surface area contributed by atoms with Crippen molar-refractivity contribution in [2.24, 2.45) is 0 Å². The topological polar surface area (TPSA) is 75.7 Å². The summed E-state index contributed by atoms with van der Waals surface area (Å²) >= 11 is 4.57. The molecule has 0 aliphatic carbocycles. The molecule has 0 aromatic carbocycles. The van der Waals surface area contributed by atoms with E-state index in [1.807, 2.05) is 0 Å². The Balaban J connectivity index is 0.000000891. The van der Waals surface area contributed by atoms with Gasteiger partial charge in [-0.1, -0.05) is 20.3 Å². The van der Waals surface area contributed by atoms with E-state index >= 15 is 0 Å². The maximum absolute atomic E-state index is 12.1.